The van der Waals surface area contributed by atoms with Crippen LogP contribution in [-0.4, -0.2) is 49.1 Å². The number of hydrogen-bond donors (Lipinski definition) is 2. The summed E-state index contributed by atoms with van der Waals surface area (Å²) in [4.78, 5) is 11.4. The zero-order valence-corrected chi connectivity index (χ0v) is 17.0. The summed E-state index contributed by atoms with van der Waals surface area (Å²) in [7, 11) is 1.81. The van der Waals surface area contributed by atoms with E-state index in [1.165, 1.54) is 23.8 Å². The number of aliphatic imine (C=N–C) groups is 1. The molecule has 3 aromatic rings. The second-order valence-electron chi connectivity index (χ2n) is 7.40. The quantitative estimate of drug-likeness (QED) is 0.477. The van der Waals surface area contributed by atoms with E-state index < -0.39 is 0 Å². The maximum atomic E-state index is 5.70. The molecule has 0 aliphatic carbocycles. The normalized spacial score (nSPS) is 16.2. The molecular formula is C23H29N5O. The summed E-state index contributed by atoms with van der Waals surface area (Å²) in [5, 5.41) is 8.10. The maximum Gasteiger partial charge on any atom is 0.191 e. The molecule has 6 heteroatoms. The number of benzene rings is 1. The number of para-hydroxylation sites is 1. The van der Waals surface area contributed by atoms with Crippen molar-refractivity contribution < 1.29 is 4.42 Å². The van der Waals surface area contributed by atoms with Gasteiger partial charge in [-0.1, -0.05) is 24.3 Å². The molecule has 29 heavy (non-hydrogen) atoms. The highest BCUT2D eigenvalue weighted by Gasteiger charge is 2.25. The molecule has 152 valence electrons. The van der Waals surface area contributed by atoms with Crippen LogP contribution in [0.15, 0.2) is 64.3 Å². The van der Waals surface area contributed by atoms with Crippen LogP contribution < -0.4 is 10.6 Å². The first-order valence-corrected chi connectivity index (χ1v) is 10.4. The highest BCUT2D eigenvalue weighted by Crippen LogP contribution is 2.24. The zero-order valence-electron chi connectivity index (χ0n) is 17.0. The zero-order chi connectivity index (χ0) is 19.9. The summed E-state index contributed by atoms with van der Waals surface area (Å²) >= 11 is 0. The van der Waals surface area contributed by atoms with Crippen molar-refractivity contribution in [1.82, 2.24) is 20.5 Å². The second kappa shape index (κ2) is 9.56. The van der Waals surface area contributed by atoms with E-state index in [9.17, 15) is 0 Å². The van der Waals surface area contributed by atoms with Gasteiger partial charge in [0, 0.05) is 31.7 Å². The van der Waals surface area contributed by atoms with Crippen molar-refractivity contribution in [2.75, 3.05) is 33.2 Å². The summed E-state index contributed by atoms with van der Waals surface area (Å²) in [5.41, 5.74) is 2.32. The minimum Gasteiger partial charge on any atom is -0.468 e. The largest absolute Gasteiger partial charge is 0.468 e. The van der Waals surface area contributed by atoms with Gasteiger partial charge in [-0.25, -0.2) is 0 Å². The smallest absolute Gasteiger partial charge is 0.191 e. The summed E-state index contributed by atoms with van der Waals surface area (Å²) in [5.74, 6) is 1.82. The fourth-order valence-corrected chi connectivity index (χ4v) is 4.04. The molecule has 0 amide bonds. The van der Waals surface area contributed by atoms with Gasteiger partial charge in [0.05, 0.1) is 17.8 Å². The lowest BCUT2D eigenvalue weighted by Gasteiger charge is -2.26. The first kappa shape index (κ1) is 19.5. The molecule has 0 radical (unpaired) electrons. The molecule has 1 aliphatic heterocycles. The van der Waals surface area contributed by atoms with Crippen molar-refractivity contribution in [3.63, 3.8) is 0 Å². The molecular weight excluding hydrogens is 362 g/mol. The molecule has 2 N–H and O–H groups in total. The predicted octanol–water partition coefficient (Wildman–Crippen LogP) is 3.37. The Morgan fingerprint density at radius 2 is 2.00 bits per heavy atom. The van der Waals surface area contributed by atoms with Crippen LogP contribution >= 0.6 is 0 Å². The number of nitrogens with one attached hydrogen (secondary N) is 2. The van der Waals surface area contributed by atoms with Crippen LogP contribution in [0, 0.1) is 0 Å². The number of likely N-dealkylation sites (tertiary alicyclic amines) is 1. The van der Waals surface area contributed by atoms with Gasteiger partial charge in [-0.15, -0.1) is 0 Å². The lowest BCUT2D eigenvalue weighted by Crippen LogP contribution is -2.43. The SMILES string of the molecule is CN=C(NCCc1cccc2cccnc12)NCC(c1ccco1)N1CCCC1. The second-order valence-corrected chi connectivity index (χ2v) is 7.40. The number of nitrogens with zero attached hydrogens (tertiary/aromatic N) is 3. The Balaban J connectivity index is 1.33. The third kappa shape index (κ3) is 4.77. The van der Waals surface area contributed by atoms with E-state index in [1.807, 2.05) is 25.4 Å². The Morgan fingerprint density at radius 1 is 1.14 bits per heavy atom. The van der Waals surface area contributed by atoms with Crippen molar-refractivity contribution in [2.24, 2.45) is 4.99 Å². The molecule has 3 heterocycles. The van der Waals surface area contributed by atoms with Gasteiger partial charge in [0.1, 0.15) is 5.76 Å². The van der Waals surface area contributed by atoms with E-state index in [-0.39, 0.29) is 6.04 Å². The lowest BCUT2D eigenvalue weighted by molar-refractivity contribution is 0.215. The Morgan fingerprint density at radius 3 is 2.79 bits per heavy atom. The number of fused-ring (bicyclic) bond motifs is 1. The molecule has 1 unspecified atom stereocenters. The van der Waals surface area contributed by atoms with Crippen molar-refractivity contribution in [3.05, 3.63) is 66.2 Å². The monoisotopic (exact) mass is 391 g/mol. The van der Waals surface area contributed by atoms with Crippen LogP contribution in [0.2, 0.25) is 0 Å². The van der Waals surface area contributed by atoms with Gasteiger partial charge in [-0.3, -0.25) is 14.9 Å². The van der Waals surface area contributed by atoms with Crippen LogP contribution in [0.25, 0.3) is 10.9 Å². The lowest BCUT2D eigenvalue weighted by atomic mass is 10.1. The Hall–Kier alpha value is -2.86. The fourth-order valence-electron chi connectivity index (χ4n) is 4.04. The number of aromatic nitrogens is 1. The fraction of sp³-hybridized carbons (Fsp3) is 0.391. The third-order valence-corrected chi connectivity index (χ3v) is 5.54. The van der Waals surface area contributed by atoms with Crippen molar-refractivity contribution >= 4 is 16.9 Å². The predicted molar refractivity (Wildman–Crippen MR) is 117 cm³/mol. The maximum absolute atomic E-state index is 5.70. The number of pyridine rings is 1. The van der Waals surface area contributed by atoms with E-state index >= 15 is 0 Å². The molecule has 4 rings (SSSR count). The van der Waals surface area contributed by atoms with Gasteiger partial charge in [0.2, 0.25) is 0 Å². The van der Waals surface area contributed by atoms with Crippen LogP contribution in [0.5, 0.6) is 0 Å². The summed E-state index contributed by atoms with van der Waals surface area (Å²) in [6.45, 7) is 3.80. The number of rotatable bonds is 7. The van der Waals surface area contributed by atoms with Crippen LogP contribution in [-0.2, 0) is 6.42 Å². The van der Waals surface area contributed by atoms with Crippen LogP contribution in [0.1, 0.15) is 30.2 Å². The van der Waals surface area contributed by atoms with Crippen molar-refractivity contribution in [3.8, 4) is 0 Å². The Bertz CT molecular complexity index is 926. The summed E-state index contributed by atoms with van der Waals surface area (Å²) in [6.07, 6.45) is 7.01. The highest BCUT2D eigenvalue weighted by atomic mass is 16.3. The van der Waals surface area contributed by atoms with E-state index in [0.29, 0.717) is 0 Å². The Labute approximate surface area is 172 Å². The molecule has 1 saturated heterocycles. The van der Waals surface area contributed by atoms with Gasteiger partial charge >= 0.3 is 0 Å². The molecule has 1 fully saturated rings. The molecule has 1 atom stereocenters. The van der Waals surface area contributed by atoms with Crippen molar-refractivity contribution in [2.45, 2.75) is 25.3 Å². The molecule has 0 bridgehead atoms. The van der Waals surface area contributed by atoms with Gasteiger partial charge < -0.3 is 15.1 Å². The van der Waals surface area contributed by atoms with Gasteiger partial charge in [-0.2, -0.15) is 0 Å². The molecule has 0 saturated carbocycles. The van der Waals surface area contributed by atoms with E-state index in [4.69, 9.17) is 4.42 Å². The van der Waals surface area contributed by atoms with Crippen LogP contribution in [0.4, 0.5) is 0 Å². The molecule has 1 aliphatic rings. The number of hydrogen-bond acceptors (Lipinski definition) is 4. The molecule has 6 nitrogen and oxygen atoms in total. The third-order valence-electron chi connectivity index (χ3n) is 5.54. The number of guanidine groups is 1. The van der Waals surface area contributed by atoms with Gasteiger partial charge in [0.25, 0.3) is 0 Å². The standard InChI is InChI=1S/C23H29N5O/c1-24-23(26-13-11-19-8-4-7-18-9-5-12-25-22(18)19)27-17-20(21-10-6-16-29-21)28-14-2-3-15-28/h4-10,12,16,20H,2-3,11,13-15,17H2,1H3,(H2,24,26,27). The minimum atomic E-state index is 0.230. The molecule has 2 aromatic heterocycles. The molecule has 1 aromatic carbocycles. The topological polar surface area (TPSA) is 65.7 Å². The minimum absolute atomic E-state index is 0.230. The van der Waals surface area contributed by atoms with Crippen LogP contribution in [0.3, 0.4) is 0 Å². The summed E-state index contributed by atoms with van der Waals surface area (Å²) in [6, 6.07) is 14.7. The van der Waals surface area contributed by atoms with E-state index in [1.54, 1.807) is 6.26 Å². The highest BCUT2D eigenvalue weighted by molar-refractivity contribution is 5.82. The number of furan rings is 1. The first-order valence-electron chi connectivity index (χ1n) is 10.4. The van der Waals surface area contributed by atoms with Crippen molar-refractivity contribution in [1.29, 1.82) is 0 Å². The van der Waals surface area contributed by atoms with E-state index in [2.05, 4.69) is 55.8 Å². The van der Waals surface area contributed by atoms with Gasteiger partial charge in [-0.05, 0) is 56.1 Å². The first-order chi connectivity index (χ1) is 14.3. The van der Waals surface area contributed by atoms with E-state index in [0.717, 1.165) is 49.8 Å². The Kier molecular flexibility index (Phi) is 6.42. The molecule has 0 spiro atoms. The van der Waals surface area contributed by atoms with Gasteiger partial charge in [0.15, 0.2) is 5.96 Å². The summed E-state index contributed by atoms with van der Waals surface area (Å²) < 4.78 is 5.70. The average Bonchev–Trinajstić information content (AvgIpc) is 3.48. The average molecular weight is 392 g/mol.